The number of hydrogen-bond acceptors (Lipinski definition) is 4. The van der Waals surface area contributed by atoms with Gasteiger partial charge in [0.2, 0.25) is 5.91 Å². The highest BCUT2D eigenvalue weighted by Crippen LogP contribution is 2.44. The normalized spacial score (nSPS) is 17.3. The molecule has 2 aromatic rings. The number of nitrogens with one attached hydrogen (secondary N) is 1. The molecule has 1 atom stereocenters. The molecule has 0 bridgehead atoms. The molecule has 1 aromatic carbocycles. The summed E-state index contributed by atoms with van der Waals surface area (Å²) >= 11 is 0. The quantitative estimate of drug-likeness (QED) is 0.806. The molecule has 0 spiro atoms. The van der Waals surface area contributed by atoms with Crippen molar-refractivity contribution in [2.75, 3.05) is 12.8 Å². The molecule has 7 heteroatoms. The fourth-order valence-corrected chi connectivity index (χ4v) is 4.07. The van der Waals surface area contributed by atoms with Crippen LogP contribution >= 0.6 is 0 Å². The predicted molar refractivity (Wildman–Crippen MR) is 99.6 cm³/mol. The van der Waals surface area contributed by atoms with Crippen LogP contribution in [0.3, 0.4) is 0 Å². The first-order valence-electron chi connectivity index (χ1n) is 8.89. The van der Waals surface area contributed by atoms with Crippen LogP contribution in [0.4, 0.5) is 0 Å². The molecular weight excluding hydrogens is 350 g/mol. The van der Waals surface area contributed by atoms with E-state index in [9.17, 15) is 13.2 Å². The van der Waals surface area contributed by atoms with Crippen molar-refractivity contribution in [3.8, 4) is 0 Å². The lowest BCUT2D eigenvalue weighted by atomic mass is 9.64. The number of aromatic nitrogens is 2. The van der Waals surface area contributed by atoms with Gasteiger partial charge in [-0.1, -0.05) is 18.6 Å². The van der Waals surface area contributed by atoms with Crippen LogP contribution in [0.1, 0.15) is 44.2 Å². The van der Waals surface area contributed by atoms with Crippen LogP contribution < -0.4 is 5.32 Å². The van der Waals surface area contributed by atoms with Crippen LogP contribution in [0.2, 0.25) is 0 Å². The molecule has 1 amide bonds. The van der Waals surface area contributed by atoms with Gasteiger partial charge in [0.1, 0.15) is 0 Å². The van der Waals surface area contributed by atoms with Crippen molar-refractivity contribution < 1.29 is 13.2 Å². The van der Waals surface area contributed by atoms with E-state index in [1.165, 1.54) is 6.26 Å². The van der Waals surface area contributed by atoms with E-state index in [-0.39, 0.29) is 16.8 Å². The lowest BCUT2D eigenvalue weighted by molar-refractivity contribution is -0.129. The maximum atomic E-state index is 12.8. The van der Waals surface area contributed by atoms with Gasteiger partial charge in [-0.15, -0.1) is 0 Å². The molecule has 140 valence electrons. The molecule has 1 unspecified atom stereocenters. The van der Waals surface area contributed by atoms with Gasteiger partial charge in [-0.3, -0.25) is 4.79 Å². The lowest BCUT2D eigenvalue weighted by Gasteiger charge is -2.41. The summed E-state index contributed by atoms with van der Waals surface area (Å²) in [4.78, 5) is 17.2. The lowest BCUT2D eigenvalue weighted by Crippen LogP contribution is -2.49. The van der Waals surface area contributed by atoms with Gasteiger partial charge >= 0.3 is 0 Å². The zero-order valence-corrected chi connectivity index (χ0v) is 16.0. The summed E-state index contributed by atoms with van der Waals surface area (Å²) in [7, 11) is -3.23. The molecule has 1 N–H and O–H groups in total. The third kappa shape index (κ3) is 3.67. The summed E-state index contributed by atoms with van der Waals surface area (Å²) in [6.07, 6.45) is 10.1. The fourth-order valence-electron chi connectivity index (χ4n) is 3.44. The standard InChI is InChI=1S/C19H25N3O3S/c1-15(22-13-12-20-14-22)8-11-21-18(23)19(9-3-10-19)16-4-6-17(7-5-16)26(2,24)25/h4-7,12-15H,3,8-11H2,1-2H3,(H,21,23). The number of nitrogens with zero attached hydrogens (tertiary/aromatic N) is 2. The molecule has 6 nitrogen and oxygen atoms in total. The highest BCUT2D eigenvalue weighted by Gasteiger charge is 2.45. The van der Waals surface area contributed by atoms with Gasteiger partial charge in [0.05, 0.1) is 16.6 Å². The van der Waals surface area contributed by atoms with Crippen molar-refractivity contribution in [2.24, 2.45) is 0 Å². The SMILES string of the molecule is CC(CCNC(=O)C1(c2ccc(S(C)(=O)=O)cc2)CCC1)n1ccnc1. The van der Waals surface area contributed by atoms with Gasteiger partial charge in [-0.05, 0) is 43.9 Å². The van der Waals surface area contributed by atoms with Gasteiger partial charge in [0.25, 0.3) is 0 Å². The number of benzene rings is 1. The summed E-state index contributed by atoms with van der Waals surface area (Å²) in [5, 5.41) is 3.07. The molecule has 3 rings (SSSR count). The molecule has 0 saturated heterocycles. The van der Waals surface area contributed by atoms with Crippen LogP contribution in [-0.2, 0) is 20.0 Å². The van der Waals surface area contributed by atoms with Crippen molar-refractivity contribution in [3.05, 3.63) is 48.5 Å². The molecule has 1 fully saturated rings. The first-order chi connectivity index (χ1) is 12.3. The van der Waals surface area contributed by atoms with Crippen LogP contribution in [0.5, 0.6) is 0 Å². The smallest absolute Gasteiger partial charge is 0.230 e. The number of rotatable bonds is 7. The second-order valence-corrected chi connectivity index (χ2v) is 9.15. The van der Waals surface area contributed by atoms with Crippen molar-refractivity contribution in [1.82, 2.24) is 14.9 Å². The molecule has 1 aliphatic carbocycles. The maximum Gasteiger partial charge on any atom is 0.230 e. The first-order valence-corrected chi connectivity index (χ1v) is 10.8. The predicted octanol–water partition coefficient (Wildman–Crippen LogP) is 2.48. The van der Waals surface area contributed by atoms with E-state index >= 15 is 0 Å². The minimum Gasteiger partial charge on any atom is -0.355 e. The van der Waals surface area contributed by atoms with Crippen molar-refractivity contribution >= 4 is 15.7 Å². The van der Waals surface area contributed by atoms with E-state index in [0.717, 1.165) is 31.2 Å². The number of carbonyl (C=O) groups is 1. The molecule has 1 heterocycles. The van der Waals surface area contributed by atoms with Gasteiger partial charge in [-0.2, -0.15) is 0 Å². The molecule has 1 aromatic heterocycles. The second-order valence-electron chi connectivity index (χ2n) is 7.14. The highest BCUT2D eigenvalue weighted by atomic mass is 32.2. The van der Waals surface area contributed by atoms with Gasteiger partial charge in [-0.25, -0.2) is 13.4 Å². The summed E-state index contributed by atoms with van der Waals surface area (Å²) in [6, 6.07) is 7.02. The maximum absolute atomic E-state index is 12.8. The number of carbonyl (C=O) groups excluding carboxylic acids is 1. The minimum atomic E-state index is -3.23. The zero-order chi connectivity index (χ0) is 18.8. The Hall–Kier alpha value is -2.15. The third-order valence-corrected chi connectivity index (χ3v) is 6.49. The molecule has 1 aliphatic rings. The minimum absolute atomic E-state index is 0.0358. The van der Waals surface area contributed by atoms with E-state index in [1.807, 2.05) is 10.8 Å². The Labute approximate surface area is 154 Å². The topological polar surface area (TPSA) is 81.1 Å². The molecule has 0 radical (unpaired) electrons. The molecule has 26 heavy (non-hydrogen) atoms. The summed E-state index contributed by atoms with van der Waals surface area (Å²) in [5.74, 6) is 0.0358. The van der Waals surface area contributed by atoms with E-state index in [1.54, 1.807) is 36.8 Å². The van der Waals surface area contributed by atoms with Gasteiger partial charge < -0.3 is 9.88 Å². The van der Waals surface area contributed by atoms with Gasteiger partial charge in [0, 0.05) is 31.2 Å². The fraction of sp³-hybridized carbons (Fsp3) is 0.474. The number of sulfone groups is 1. The van der Waals surface area contributed by atoms with E-state index < -0.39 is 15.3 Å². The molecule has 0 aliphatic heterocycles. The largest absolute Gasteiger partial charge is 0.355 e. The first kappa shape index (κ1) is 18.6. The Bertz CT molecular complexity index is 854. The Morgan fingerprint density at radius 3 is 2.50 bits per heavy atom. The van der Waals surface area contributed by atoms with E-state index in [2.05, 4.69) is 17.2 Å². The average molecular weight is 375 g/mol. The number of amides is 1. The van der Waals surface area contributed by atoms with Crippen LogP contribution in [-0.4, -0.2) is 36.7 Å². The monoisotopic (exact) mass is 375 g/mol. The summed E-state index contributed by atoms with van der Waals surface area (Å²) in [6.45, 7) is 2.69. The molecular formula is C19H25N3O3S. The van der Waals surface area contributed by atoms with E-state index in [0.29, 0.717) is 6.54 Å². The third-order valence-electron chi connectivity index (χ3n) is 5.36. The number of hydrogen-bond donors (Lipinski definition) is 1. The summed E-state index contributed by atoms with van der Waals surface area (Å²) < 4.78 is 25.3. The van der Waals surface area contributed by atoms with Gasteiger partial charge in [0.15, 0.2) is 9.84 Å². The number of imidazole rings is 1. The molecule has 1 saturated carbocycles. The van der Waals surface area contributed by atoms with Crippen molar-refractivity contribution in [2.45, 2.75) is 49.0 Å². The Morgan fingerprint density at radius 2 is 2.00 bits per heavy atom. The Morgan fingerprint density at radius 1 is 1.31 bits per heavy atom. The van der Waals surface area contributed by atoms with E-state index in [4.69, 9.17) is 0 Å². The van der Waals surface area contributed by atoms with Crippen LogP contribution in [0.15, 0.2) is 47.9 Å². The highest BCUT2D eigenvalue weighted by molar-refractivity contribution is 7.90. The van der Waals surface area contributed by atoms with Crippen LogP contribution in [0, 0.1) is 0 Å². The zero-order valence-electron chi connectivity index (χ0n) is 15.2. The van der Waals surface area contributed by atoms with Crippen molar-refractivity contribution in [3.63, 3.8) is 0 Å². The summed E-state index contributed by atoms with van der Waals surface area (Å²) in [5.41, 5.74) is 0.380. The Balaban J connectivity index is 1.64. The Kier molecular flexibility index (Phi) is 5.18. The second kappa shape index (κ2) is 7.23. The van der Waals surface area contributed by atoms with Crippen molar-refractivity contribution in [1.29, 1.82) is 0 Å². The average Bonchev–Trinajstić information content (AvgIpc) is 3.08. The van der Waals surface area contributed by atoms with Crippen LogP contribution in [0.25, 0.3) is 0 Å².